The van der Waals surface area contributed by atoms with Gasteiger partial charge in [-0.25, -0.2) is 17.7 Å². The third-order valence-electron chi connectivity index (χ3n) is 4.82. The van der Waals surface area contributed by atoms with E-state index in [0.717, 1.165) is 4.31 Å². The molecule has 8 nitrogen and oxygen atoms in total. The van der Waals surface area contributed by atoms with E-state index < -0.39 is 15.3 Å². The van der Waals surface area contributed by atoms with Crippen LogP contribution in [0.1, 0.15) is 26.8 Å². The molecule has 0 aliphatic rings. The second-order valence-corrected chi connectivity index (χ2v) is 11.2. The number of anilines is 1. The van der Waals surface area contributed by atoms with Crippen molar-refractivity contribution in [1.82, 2.24) is 13.9 Å². The molecule has 1 aromatic heterocycles. The zero-order valence-electron chi connectivity index (χ0n) is 18.6. The van der Waals surface area contributed by atoms with E-state index in [2.05, 4.69) is 10.3 Å². The second kappa shape index (κ2) is 9.43. The highest BCUT2D eigenvalue weighted by Gasteiger charge is 2.22. The van der Waals surface area contributed by atoms with Crippen LogP contribution in [0.4, 0.5) is 5.69 Å². The molecule has 1 atom stereocenters. The molecular weight excluding hydrogens is 448 g/mol. The topological polar surface area (TPSA) is 101 Å². The molecule has 1 unspecified atom stereocenters. The summed E-state index contributed by atoms with van der Waals surface area (Å²) in [6.45, 7) is 5.50. The highest BCUT2D eigenvalue weighted by atomic mass is 32.2. The Balaban J connectivity index is 1.86. The van der Waals surface area contributed by atoms with Gasteiger partial charge in [0.2, 0.25) is 15.9 Å². The third kappa shape index (κ3) is 4.87. The van der Waals surface area contributed by atoms with Gasteiger partial charge < -0.3 is 5.32 Å². The quantitative estimate of drug-likeness (QED) is 0.416. The largest absolute Gasteiger partial charge is 0.325 e. The van der Waals surface area contributed by atoms with Gasteiger partial charge in [0, 0.05) is 25.8 Å². The summed E-state index contributed by atoms with van der Waals surface area (Å²) in [5.41, 5.74) is 0.798. The fourth-order valence-electron chi connectivity index (χ4n) is 3.06. The van der Waals surface area contributed by atoms with Crippen LogP contribution < -0.4 is 10.9 Å². The van der Waals surface area contributed by atoms with Crippen LogP contribution in [-0.4, -0.2) is 47.5 Å². The first kappa shape index (κ1) is 24.0. The van der Waals surface area contributed by atoms with E-state index >= 15 is 0 Å². The SMILES string of the molecule is CC(Sc1nc2ccccc2c(=O)n1C(C)C)C(=O)Nc1cccc(S(=O)(=O)N(C)C)c1. The summed E-state index contributed by atoms with van der Waals surface area (Å²) < 4.78 is 27.4. The normalized spacial score (nSPS) is 13.0. The molecule has 3 rings (SSSR count). The Bertz CT molecular complexity index is 1320. The number of rotatable bonds is 7. The lowest BCUT2D eigenvalue weighted by molar-refractivity contribution is -0.115. The first-order chi connectivity index (χ1) is 15.0. The number of para-hydroxylation sites is 1. The minimum Gasteiger partial charge on any atom is -0.325 e. The lowest BCUT2D eigenvalue weighted by Crippen LogP contribution is -2.28. The molecule has 0 saturated heterocycles. The minimum atomic E-state index is -3.62. The Morgan fingerprint density at radius 3 is 2.44 bits per heavy atom. The molecule has 0 spiro atoms. The van der Waals surface area contributed by atoms with Gasteiger partial charge in [0.25, 0.3) is 5.56 Å². The molecule has 1 heterocycles. The summed E-state index contributed by atoms with van der Waals surface area (Å²) in [5.74, 6) is -0.327. The Labute approximate surface area is 191 Å². The Morgan fingerprint density at radius 2 is 1.78 bits per heavy atom. The van der Waals surface area contributed by atoms with Gasteiger partial charge >= 0.3 is 0 Å². The second-order valence-electron chi connectivity index (χ2n) is 7.75. The van der Waals surface area contributed by atoms with E-state index in [-0.39, 0.29) is 22.4 Å². The van der Waals surface area contributed by atoms with Crippen LogP contribution in [0.5, 0.6) is 0 Å². The standard InChI is InChI=1S/C22H26N4O4S2/c1-14(2)26-21(28)18-11-6-7-12-19(18)24-22(26)31-15(3)20(27)23-16-9-8-10-17(13-16)32(29,30)25(4)5/h6-15H,1-5H3,(H,23,27). The molecular formula is C22H26N4O4S2. The molecule has 0 bridgehead atoms. The highest BCUT2D eigenvalue weighted by Crippen LogP contribution is 2.26. The number of nitrogens with zero attached hydrogens (tertiary/aromatic N) is 3. The number of carbonyl (C=O) groups excluding carboxylic acids is 1. The maximum Gasteiger partial charge on any atom is 0.262 e. The van der Waals surface area contributed by atoms with Gasteiger partial charge in [0.15, 0.2) is 5.16 Å². The van der Waals surface area contributed by atoms with Crippen molar-refractivity contribution >= 4 is 44.3 Å². The summed E-state index contributed by atoms with van der Waals surface area (Å²) >= 11 is 1.18. The maximum atomic E-state index is 13.0. The Hall–Kier alpha value is -2.69. The number of fused-ring (bicyclic) bond motifs is 1. The molecule has 170 valence electrons. The zero-order chi connectivity index (χ0) is 23.6. The molecule has 0 aliphatic carbocycles. The zero-order valence-corrected chi connectivity index (χ0v) is 20.2. The number of hydrogen-bond acceptors (Lipinski definition) is 6. The van der Waals surface area contributed by atoms with Crippen molar-refractivity contribution in [2.45, 2.75) is 42.1 Å². The van der Waals surface area contributed by atoms with Gasteiger partial charge in [-0.15, -0.1) is 0 Å². The molecule has 0 radical (unpaired) electrons. The van der Waals surface area contributed by atoms with Crippen molar-refractivity contribution in [1.29, 1.82) is 0 Å². The monoisotopic (exact) mass is 474 g/mol. The van der Waals surface area contributed by atoms with Crippen LogP contribution in [0.15, 0.2) is 63.4 Å². The lowest BCUT2D eigenvalue weighted by Gasteiger charge is -2.19. The molecule has 0 saturated carbocycles. The van der Waals surface area contributed by atoms with Crippen molar-refractivity contribution in [2.24, 2.45) is 0 Å². The minimum absolute atomic E-state index is 0.0884. The van der Waals surface area contributed by atoms with Gasteiger partial charge in [0.1, 0.15) is 0 Å². The summed E-state index contributed by atoms with van der Waals surface area (Å²) in [4.78, 5) is 30.5. The molecule has 1 N–H and O–H groups in total. The fourth-order valence-corrected chi connectivity index (χ4v) is 5.05. The first-order valence-electron chi connectivity index (χ1n) is 10.0. The summed E-state index contributed by atoms with van der Waals surface area (Å²) in [5, 5.41) is 3.16. The number of nitrogens with one attached hydrogen (secondary N) is 1. The number of amides is 1. The molecule has 2 aromatic carbocycles. The number of carbonyl (C=O) groups is 1. The first-order valence-corrected chi connectivity index (χ1v) is 12.4. The van der Waals surface area contributed by atoms with Crippen LogP contribution in [-0.2, 0) is 14.8 Å². The van der Waals surface area contributed by atoms with E-state index in [4.69, 9.17) is 0 Å². The number of benzene rings is 2. The smallest absolute Gasteiger partial charge is 0.262 e. The van der Waals surface area contributed by atoms with Crippen LogP contribution >= 0.6 is 11.8 Å². The average Bonchev–Trinajstić information content (AvgIpc) is 2.73. The van der Waals surface area contributed by atoms with E-state index in [1.165, 1.54) is 38.0 Å². The van der Waals surface area contributed by atoms with Crippen LogP contribution in [0.25, 0.3) is 10.9 Å². The van der Waals surface area contributed by atoms with Gasteiger partial charge in [-0.3, -0.25) is 14.2 Å². The van der Waals surface area contributed by atoms with Gasteiger partial charge in [-0.05, 0) is 51.1 Å². The molecule has 3 aromatic rings. The molecule has 32 heavy (non-hydrogen) atoms. The number of thioether (sulfide) groups is 1. The van der Waals surface area contributed by atoms with Crippen molar-refractivity contribution in [3.8, 4) is 0 Å². The Morgan fingerprint density at radius 1 is 1.09 bits per heavy atom. The molecule has 10 heteroatoms. The molecule has 0 aliphatic heterocycles. The van der Waals surface area contributed by atoms with E-state index in [0.29, 0.717) is 21.7 Å². The number of sulfonamides is 1. The van der Waals surface area contributed by atoms with Crippen molar-refractivity contribution in [3.05, 3.63) is 58.9 Å². The van der Waals surface area contributed by atoms with E-state index in [1.54, 1.807) is 41.8 Å². The van der Waals surface area contributed by atoms with Crippen LogP contribution in [0, 0.1) is 0 Å². The lowest BCUT2D eigenvalue weighted by atomic mass is 10.2. The maximum absolute atomic E-state index is 13.0. The summed E-state index contributed by atoms with van der Waals surface area (Å²) in [6, 6.07) is 13.1. The average molecular weight is 475 g/mol. The van der Waals surface area contributed by atoms with Crippen molar-refractivity contribution < 1.29 is 13.2 Å². The van der Waals surface area contributed by atoms with Gasteiger partial charge in [-0.1, -0.05) is 30.0 Å². The van der Waals surface area contributed by atoms with Crippen LogP contribution in [0.2, 0.25) is 0 Å². The molecule has 0 fully saturated rings. The van der Waals surface area contributed by atoms with Crippen LogP contribution in [0.3, 0.4) is 0 Å². The molecule has 1 amide bonds. The summed E-state index contributed by atoms with van der Waals surface area (Å²) in [6.07, 6.45) is 0. The number of aromatic nitrogens is 2. The van der Waals surface area contributed by atoms with E-state index in [1.807, 2.05) is 19.9 Å². The van der Waals surface area contributed by atoms with Crippen molar-refractivity contribution in [3.63, 3.8) is 0 Å². The highest BCUT2D eigenvalue weighted by molar-refractivity contribution is 8.00. The predicted octanol–water partition coefficient (Wildman–Crippen LogP) is 3.35. The summed E-state index contributed by atoms with van der Waals surface area (Å²) in [7, 11) is -0.719. The predicted molar refractivity (Wildman–Crippen MR) is 128 cm³/mol. The third-order valence-corrected chi connectivity index (χ3v) is 7.70. The fraction of sp³-hybridized carbons (Fsp3) is 0.318. The van der Waals surface area contributed by atoms with Gasteiger partial charge in [-0.2, -0.15) is 0 Å². The Kier molecular flexibility index (Phi) is 7.06. The van der Waals surface area contributed by atoms with Crippen molar-refractivity contribution in [2.75, 3.05) is 19.4 Å². The van der Waals surface area contributed by atoms with E-state index in [9.17, 15) is 18.0 Å². The number of hydrogen-bond donors (Lipinski definition) is 1. The van der Waals surface area contributed by atoms with Gasteiger partial charge in [0.05, 0.1) is 21.0 Å².